The van der Waals surface area contributed by atoms with Gasteiger partial charge in [0.25, 0.3) is 0 Å². The van der Waals surface area contributed by atoms with Gasteiger partial charge >= 0.3 is 0 Å². The Morgan fingerprint density at radius 3 is 2.91 bits per heavy atom. The topological polar surface area (TPSA) is 32.3 Å². The van der Waals surface area contributed by atoms with E-state index >= 15 is 0 Å². The molecule has 2 rings (SSSR count). The lowest BCUT2D eigenvalue weighted by molar-refractivity contribution is -0.127. The summed E-state index contributed by atoms with van der Waals surface area (Å²) in [4.78, 5) is 15.7. The molecule has 0 aliphatic carbocycles. The van der Waals surface area contributed by atoms with Gasteiger partial charge in [0.15, 0.2) is 0 Å². The molecule has 1 saturated heterocycles. The summed E-state index contributed by atoms with van der Waals surface area (Å²) in [5, 5.41) is 3.05. The van der Waals surface area contributed by atoms with Crippen LogP contribution in [0.25, 0.3) is 0 Å². The van der Waals surface area contributed by atoms with Gasteiger partial charge in [-0.05, 0) is 38.4 Å². The largest absolute Gasteiger partial charge is 0.354 e. The number of likely N-dealkylation sites (tertiary alicyclic amines) is 1. The highest BCUT2D eigenvalue weighted by molar-refractivity contribution is 7.99. The standard InChI is InChI=1S/C18H24N2OS/c1-3-12-20-13-5-4-6-17(20)18(21)19-11-14-22-16-9-7-15(2)8-10-16/h1,7-10,17H,4-6,11-14H2,2H3,(H,19,21). The van der Waals surface area contributed by atoms with E-state index in [0.29, 0.717) is 13.1 Å². The van der Waals surface area contributed by atoms with Crippen LogP contribution in [0.5, 0.6) is 0 Å². The maximum absolute atomic E-state index is 12.3. The van der Waals surface area contributed by atoms with Gasteiger partial charge in [-0.2, -0.15) is 0 Å². The maximum atomic E-state index is 12.3. The predicted octanol–water partition coefficient (Wildman–Crippen LogP) is 2.69. The zero-order chi connectivity index (χ0) is 15.8. The first-order chi connectivity index (χ1) is 10.7. The highest BCUT2D eigenvalue weighted by Gasteiger charge is 2.27. The van der Waals surface area contributed by atoms with E-state index in [1.165, 1.54) is 10.5 Å². The highest BCUT2D eigenvalue weighted by Crippen LogP contribution is 2.18. The third-order valence-corrected chi connectivity index (χ3v) is 4.92. The molecule has 1 amide bonds. The second-order valence-corrected chi connectivity index (χ2v) is 6.81. The summed E-state index contributed by atoms with van der Waals surface area (Å²) in [7, 11) is 0. The molecule has 1 aliphatic rings. The summed E-state index contributed by atoms with van der Waals surface area (Å²) in [6.45, 7) is 4.27. The lowest BCUT2D eigenvalue weighted by Crippen LogP contribution is -2.49. The molecule has 3 nitrogen and oxygen atoms in total. The van der Waals surface area contributed by atoms with Gasteiger partial charge in [0.2, 0.25) is 5.91 Å². The van der Waals surface area contributed by atoms with Crippen LogP contribution >= 0.6 is 11.8 Å². The smallest absolute Gasteiger partial charge is 0.237 e. The van der Waals surface area contributed by atoms with E-state index in [1.807, 2.05) is 0 Å². The number of rotatable bonds is 6. The third-order valence-electron chi connectivity index (χ3n) is 3.90. The molecule has 118 valence electrons. The highest BCUT2D eigenvalue weighted by atomic mass is 32.2. The normalized spacial score (nSPS) is 18.6. The minimum absolute atomic E-state index is 0.0471. The number of benzene rings is 1. The SMILES string of the molecule is C#CCN1CCCCC1C(=O)NCCSc1ccc(C)cc1. The number of terminal acetylenes is 1. The van der Waals surface area contributed by atoms with Gasteiger partial charge in [0.05, 0.1) is 12.6 Å². The van der Waals surface area contributed by atoms with Crippen molar-refractivity contribution in [1.82, 2.24) is 10.2 Å². The van der Waals surface area contributed by atoms with Gasteiger partial charge in [0.1, 0.15) is 0 Å². The fourth-order valence-corrected chi connectivity index (χ4v) is 3.46. The molecule has 1 fully saturated rings. The van der Waals surface area contributed by atoms with Crippen molar-refractivity contribution in [3.05, 3.63) is 29.8 Å². The molecule has 4 heteroatoms. The van der Waals surface area contributed by atoms with Crippen LogP contribution in [-0.2, 0) is 4.79 Å². The molecule has 1 unspecified atom stereocenters. The summed E-state index contributed by atoms with van der Waals surface area (Å²) in [5.41, 5.74) is 1.27. The summed E-state index contributed by atoms with van der Waals surface area (Å²) >= 11 is 1.77. The van der Waals surface area contributed by atoms with E-state index in [-0.39, 0.29) is 11.9 Å². The molecule has 0 spiro atoms. The third kappa shape index (κ3) is 5.08. The van der Waals surface area contributed by atoms with E-state index < -0.39 is 0 Å². The number of carbonyl (C=O) groups excluding carboxylic acids is 1. The zero-order valence-electron chi connectivity index (χ0n) is 13.2. The summed E-state index contributed by atoms with van der Waals surface area (Å²) in [6, 6.07) is 8.42. The Morgan fingerprint density at radius 2 is 2.18 bits per heavy atom. The Morgan fingerprint density at radius 1 is 1.41 bits per heavy atom. The molecule has 1 aromatic carbocycles. The molecule has 1 N–H and O–H groups in total. The van der Waals surface area contributed by atoms with E-state index in [1.54, 1.807) is 11.8 Å². The Balaban J connectivity index is 1.72. The van der Waals surface area contributed by atoms with Crippen LogP contribution in [0.1, 0.15) is 24.8 Å². The average Bonchev–Trinajstić information content (AvgIpc) is 2.54. The fraction of sp³-hybridized carbons (Fsp3) is 0.500. The molecular formula is C18H24N2OS. The van der Waals surface area contributed by atoms with Crippen molar-refractivity contribution in [2.45, 2.75) is 37.1 Å². The lowest BCUT2D eigenvalue weighted by Gasteiger charge is -2.33. The van der Waals surface area contributed by atoms with Crippen molar-refractivity contribution < 1.29 is 4.79 Å². The molecule has 1 atom stereocenters. The zero-order valence-corrected chi connectivity index (χ0v) is 14.0. The molecule has 0 bridgehead atoms. The van der Waals surface area contributed by atoms with Gasteiger partial charge in [-0.1, -0.05) is 30.0 Å². The Bertz CT molecular complexity index is 521. The second kappa shape index (κ2) is 8.87. The van der Waals surface area contributed by atoms with Gasteiger partial charge < -0.3 is 5.32 Å². The molecule has 0 aromatic heterocycles. The Labute approximate surface area is 137 Å². The lowest BCUT2D eigenvalue weighted by atomic mass is 10.0. The van der Waals surface area contributed by atoms with Crippen LogP contribution in [0.3, 0.4) is 0 Å². The number of nitrogens with zero attached hydrogens (tertiary/aromatic N) is 1. The number of amides is 1. The van der Waals surface area contributed by atoms with Crippen molar-refractivity contribution in [1.29, 1.82) is 0 Å². The monoisotopic (exact) mass is 316 g/mol. The Kier molecular flexibility index (Phi) is 6.82. The molecule has 0 saturated carbocycles. The van der Waals surface area contributed by atoms with Gasteiger partial charge in [-0.25, -0.2) is 0 Å². The van der Waals surface area contributed by atoms with Gasteiger partial charge in [0, 0.05) is 17.2 Å². The van der Waals surface area contributed by atoms with Gasteiger partial charge in [-0.15, -0.1) is 18.2 Å². The number of hydrogen-bond acceptors (Lipinski definition) is 3. The van der Waals surface area contributed by atoms with E-state index in [4.69, 9.17) is 6.42 Å². The number of hydrogen-bond donors (Lipinski definition) is 1. The minimum atomic E-state index is -0.0471. The van der Waals surface area contributed by atoms with Crippen molar-refractivity contribution in [2.75, 3.05) is 25.4 Å². The first kappa shape index (κ1) is 16.9. The van der Waals surface area contributed by atoms with Crippen molar-refractivity contribution in [3.8, 4) is 12.3 Å². The molecule has 1 aromatic rings. The first-order valence-electron chi connectivity index (χ1n) is 7.85. The number of aryl methyl sites for hydroxylation is 1. The van der Waals surface area contributed by atoms with Crippen LogP contribution in [0.4, 0.5) is 0 Å². The van der Waals surface area contributed by atoms with Crippen LogP contribution in [0.15, 0.2) is 29.2 Å². The van der Waals surface area contributed by atoms with E-state index in [0.717, 1.165) is 31.6 Å². The number of nitrogens with one attached hydrogen (secondary N) is 1. The van der Waals surface area contributed by atoms with Crippen LogP contribution in [0, 0.1) is 19.3 Å². The van der Waals surface area contributed by atoms with Crippen LogP contribution < -0.4 is 5.32 Å². The minimum Gasteiger partial charge on any atom is -0.354 e. The fourth-order valence-electron chi connectivity index (χ4n) is 2.69. The molecule has 22 heavy (non-hydrogen) atoms. The van der Waals surface area contributed by atoms with Crippen LogP contribution in [-0.4, -0.2) is 42.2 Å². The number of thioether (sulfide) groups is 1. The summed E-state index contributed by atoms with van der Waals surface area (Å²) in [6.07, 6.45) is 8.55. The Hall–Kier alpha value is -1.44. The molecular weight excluding hydrogens is 292 g/mol. The van der Waals surface area contributed by atoms with Crippen LogP contribution in [0.2, 0.25) is 0 Å². The molecule has 1 aliphatic heterocycles. The van der Waals surface area contributed by atoms with Gasteiger partial charge in [-0.3, -0.25) is 9.69 Å². The quantitative estimate of drug-likeness (QED) is 0.497. The van der Waals surface area contributed by atoms with Crippen molar-refractivity contribution in [2.24, 2.45) is 0 Å². The van der Waals surface area contributed by atoms with E-state index in [2.05, 4.69) is 47.3 Å². The van der Waals surface area contributed by atoms with E-state index in [9.17, 15) is 4.79 Å². The molecule has 0 radical (unpaired) electrons. The van der Waals surface area contributed by atoms with Crippen molar-refractivity contribution >= 4 is 17.7 Å². The van der Waals surface area contributed by atoms with Crippen molar-refractivity contribution in [3.63, 3.8) is 0 Å². The number of piperidine rings is 1. The summed E-state index contributed by atoms with van der Waals surface area (Å²) in [5.74, 6) is 3.67. The summed E-state index contributed by atoms with van der Waals surface area (Å²) < 4.78 is 0. The first-order valence-corrected chi connectivity index (χ1v) is 8.84. The predicted molar refractivity (Wildman–Crippen MR) is 93.0 cm³/mol. The molecule has 1 heterocycles. The number of carbonyl (C=O) groups is 1. The maximum Gasteiger partial charge on any atom is 0.237 e. The second-order valence-electron chi connectivity index (χ2n) is 5.64. The average molecular weight is 316 g/mol.